The van der Waals surface area contributed by atoms with Gasteiger partial charge in [-0.05, 0) is 24.3 Å². The van der Waals surface area contributed by atoms with Gasteiger partial charge in [-0.15, -0.1) is 0 Å². The predicted molar refractivity (Wildman–Crippen MR) is 78.2 cm³/mol. The third-order valence-corrected chi connectivity index (χ3v) is 5.10. The van der Waals surface area contributed by atoms with Crippen LogP contribution in [0, 0.1) is 0 Å². The molecule has 0 spiro atoms. The molecule has 0 bridgehead atoms. The van der Waals surface area contributed by atoms with Crippen LogP contribution in [0.4, 0.5) is 5.69 Å². The van der Waals surface area contributed by atoms with Crippen LogP contribution in [-0.4, -0.2) is 27.4 Å². The lowest BCUT2D eigenvalue weighted by Crippen LogP contribution is -2.31. The minimum atomic E-state index is -4.04. The number of nitrogens with zero attached hydrogens (tertiary/aromatic N) is 1. The summed E-state index contributed by atoms with van der Waals surface area (Å²) in [7, 11) is -2.85. The van der Waals surface area contributed by atoms with Gasteiger partial charge in [0.1, 0.15) is 4.90 Å². The highest BCUT2D eigenvalue weighted by Gasteiger charge is 2.43. The Kier molecular flexibility index (Phi) is 3.22. The summed E-state index contributed by atoms with van der Waals surface area (Å²) in [6.07, 6.45) is 0. The summed E-state index contributed by atoms with van der Waals surface area (Å²) in [5.41, 5.74) is 0.0763. The molecule has 7 heteroatoms. The minimum absolute atomic E-state index is 0.00901. The molecule has 1 aliphatic heterocycles. The van der Waals surface area contributed by atoms with Crippen molar-refractivity contribution in [1.29, 1.82) is 0 Å². The number of carbonyl (C=O) groups excluding carboxylic acids is 2. The fourth-order valence-corrected chi connectivity index (χ4v) is 3.97. The second kappa shape index (κ2) is 4.96. The van der Waals surface area contributed by atoms with Gasteiger partial charge in [0.05, 0.1) is 23.9 Å². The van der Waals surface area contributed by atoms with E-state index >= 15 is 0 Å². The Morgan fingerprint density at radius 2 is 1.68 bits per heavy atom. The van der Waals surface area contributed by atoms with Crippen LogP contribution in [0.25, 0.3) is 0 Å². The summed E-state index contributed by atoms with van der Waals surface area (Å²) >= 11 is 0. The molecule has 1 aliphatic rings. The van der Waals surface area contributed by atoms with E-state index in [1.54, 1.807) is 24.3 Å². The van der Waals surface area contributed by atoms with Gasteiger partial charge in [-0.1, -0.05) is 24.3 Å². The molecule has 0 unspecified atom stereocenters. The van der Waals surface area contributed by atoms with Gasteiger partial charge in [0.25, 0.3) is 15.9 Å². The van der Waals surface area contributed by atoms with Gasteiger partial charge < -0.3 is 4.74 Å². The van der Waals surface area contributed by atoms with Crippen molar-refractivity contribution in [3.05, 3.63) is 59.7 Å². The van der Waals surface area contributed by atoms with E-state index in [-0.39, 0.29) is 21.7 Å². The SMILES string of the molecule is COC(=O)c1ccccc1N1C(=O)c2ccccc2S1(=O)=O. The lowest BCUT2D eigenvalue weighted by molar-refractivity contribution is 0.0602. The van der Waals surface area contributed by atoms with Crippen molar-refractivity contribution in [2.24, 2.45) is 0 Å². The highest BCUT2D eigenvalue weighted by molar-refractivity contribution is 7.94. The number of amides is 1. The molecular formula is C15H11NO5S. The maximum atomic E-state index is 12.6. The van der Waals surface area contributed by atoms with Crippen LogP contribution in [-0.2, 0) is 14.8 Å². The number of fused-ring (bicyclic) bond motifs is 1. The standard InChI is InChI=1S/C15H11NO5S/c1-21-15(18)10-6-2-4-8-12(10)16-14(17)11-7-3-5-9-13(11)22(16,19)20/h2-9H,1H3. The topological polar surface area (TPSA) is 80.8 Å². The highest BCUT2D eigenvalue weighted by atomic mass is 32.2. The Hall–Kier alpha value is -2.67. The summed E-state index contributed by atoms with van der Waals surface area (Å²) in [4.78, 5) is 24.2. The van der Waals surface area contributed by atoms with Crippen LogP contribution in [0.5, 0.6) is 0 Å². The average molecular weight is 317 g/mol. The number of carbonyl (C=O) groups is 2. The van der Waals surface area contributed by atoms with E-state index in [0.717, 1.165) is 0 Å². The molecule has 2 aromatic rings. The van der Waals surface area contributed by atoms with Gasteiger partial charge in [-0.2, -0.15) is 4.31 Å². The van der Waals surface area contributed by atoms with Crippen LogP contribution in [0.1, 0.15) is 20.7 Å². The quantitative estimate of drug-likeness (QED) is 0.789. The lowest BCUT2D eigenvalue weighted by Gasteiger charge is -2.17. The Morgan fingerprint density at radius 1 is 1.05 bits per heavy atom. The van der Waals surface area contributed by atoms with E-state index in [4.69, 9.17) is 0 Å². The molecule has 22 heavy (non-hydrogen) atoms. The molecule has 0 saturated heterocycles. The third kappa shape index (κ3) is 1.90. The van der Waals surface area contributed by atoms with Gasteiger partial charge in [-0.25, -0.2) is 13.2 Å². The molecule has 0 aliphatic carbocycles. The lowest BCUT2D eigenvalue weighted by atomic mass is 10.1. The molecular weight excluding hydrogens is 306 g/mol. The first-order valence-corrected chi connectivity index (χ1v) is 7.78. The number of ether oxygens (including phenoxy) is 1. The molecule has 0 N–H and O–H groups in total. The van der Waals surface area contributed by atoms with Crippen molar-refractivity contribution in [1.82, 2.24) is 0 Å². The van der Waals surface area contributed by atoms with Crippen molar-refractivity contribution in [3.8, 4) is 0 Å². The molecule has 0 fully saturated rings. The molecule has 0 radical (unpaired) electrons. The Labute approximate surface area is 127 Å². The zero-order valence-electron chi connectivity index (χ0n) is 11.5. The maximum Gasteiger partial charge on any atom is 0.340 e. The average Bonchev–Trinajstić information content (AvgIpc) is 2.74. The van der Waals surface area contributed by atoms with Crippen LogP contribution in [0.15, 0.2) is 53.4 Å². The molecule has 0 saturated carbocycles. The van der Waals surface area contributed by atoms with Crippen molar-refractivity contribution >= 4 is 27.6 Å². The van der Waals surface area contributed by atoms with Crippen LogP contribution >= 0.6 is 0 Å². The van der Waals surface area contributed by atoms with Crippen LogP contribution < -0.4 is 4.31 Å². The number of para-hydroxylation sites is 1. The highest BCUT2D eigenvalue weighted by Crippen LogP contribution is 2.36. The predicted octanol–water partition coefficient (Wildman–Crippen LogP) is 1.82. The number of esters is 1. The van der Waals surface area contributed by atoms with Crippen molar-refractivity contribution in [2.75, 3.05) is 11.4 Å². The first-order valence-electron chi connectivity index (χ1n) is 6.34. The first-order chi connectivity index (χ1) is 10.5. The van der Waals surface area contributed by atoms with E-state index < -0.39 is 21.9 Å². The van der Waals surface area contributed by atoms with Gasteiger partial charge >= 0.3 is 5.97 Å². The first kappa shape index (κ1) is 14.3. The van der Waals surface area contributed by atoms with E-state index in [1.807, 2.05) is 0 Å². The number of rotatable bonds is 2. The molecule has 0 aromatic heterocycles. The smallest absolute Gasteiger partial charge is 0.340 e. The molecule has 2 aromatic carbocycles. The van der Waals surface area contributed by atoms with E-state index in [9.17, 15) is 18.0 Å². The number of benzene rings is 2. The second-order valence-corrected chi connectivity index (χ2v) is 6.33. The molecule has 112 valence electrons. The second-order valence-electron chi connectivity index (χ2n) is 4.58. The van der Waals surface area contributed by atoms with Crippen molar-refractivity contribution in [3.63, 3.8) is 0 Å². The zero-order chi connectivity index (χ0) is 15.9. The Morgan fingerprint density at radius 3 is 2.36 bits per heavy atom. The Balaban J connectivity index is 2.24. The zero-order valence-corrected chi connectivity index (χ0v) is 12.3. The largest absolute Gasteiger partial charge is 0.465 e. The summed E-state index contributed by atoms with van der Waals surface area (Å²) in [5, 5.41) is 0. The summed E-state index contributed by atoms with van der Waals surface area (Å²) in [6.45, 7) is 0. The molecule has 1 amide bonds. The Bertz CT molecular complexity index is 888. The van der Waals surface area contributed by atoms with Crippen molar-refractivity contribution < 1.29 is 22.7 Å². The van der Waals surface area contributed by atoms with Gasteiger partial charge in [0.15, 0.2) is 0 Å². The molecule has 6 nitrogen and oxygen atoms in total. The van der Waals surface area contributed by atoms with Crippen LogP contribution in [0.3, 0.4) is 0 Å². The fourth-order valence-electron chi connectivity index (χ4n) is 2.36. The number of hydrogen-bond donors (Lipinski definition) is 0. The number of hydrogen-bond acceptors (Lipinski definition) is 5. The number of anilines is 1. The van der Waals surface area contributed by atoms with Gasteiger partial charge in [-0.3, -0.25) is 4.79 Å². The fraction of sp³-hybridized carbons (Fsp3) is 0.0667. The monoisotopic (exact) mass is 317 g/mol. The van der Waals surface area contributed by atoms with Gasteiger partial charge in [0.2, 0.25) is 0 Å². The maximum absolute atomic E-state index is 12.6. The third-order valence-electron chi connectivity index (χ3n) is 3.35. The van der Waals surface area contributed by atoms with Crippen LogP contribution in [0.2, 0.25) is 0 Å². The van der Waals surface area contributed by atoms with E-state index in [0.29, 0.717) is 4.31 Å². The number of methoxy groups -OCH3 is 1. The summed E-state index contributed by atoms with van der Waals surface area (Å²) in [6, 6.07) is 11.9. The normalized spacial score (nSPS) is 15.5. The summed E-state index contributed by atoms with van der Waals surface area (Å²) in [5.74, 6) is -1.40. The molecule has 1 heterocycles. The van der Waals surface area contributed by atoms with E-state index in [1.165, 1.54) is 31.4 Å². The minimum Gasteiger partial charge on any atom is -0.465 e. The van der Waals surface area contributed by atoms with Crippen molar-refractivity contribution in [2.45, 2.75) is 4.90 Å². The van der Waals surface area contributed by atoms with E-state index in [2.05, 4.69) is 4.74 Å². The number of sulfonamides is 1. The molecule has 3 rings (SSSR count). The molecule has 0 atom stereocenters. The summed E-state index contributed by atoms with van der Waals surface area (Å²) < 4.78 is 30.5. The van der Waals surface area contributed by atoms with Gasteiger partial charge in [0, 0.05) is 0 Å².